The number of aryl methyl sites for hydroxylation is 2. The van der Waals surface area contributed by atoms with Gasteiger partial charge in [0.2, 0.25) is 17.6 Å². The van der Waals surface area contributed by atoms with Gasteiger partial charge >= 0.3 is 0 Å². The van der Waals surface area contributed by atoms with E-state index in [-0.39, 0.29) is 12.3 Å². The van der Waals surface area contributed by atoms with Crippen molar-refractivity contribution in [1.82, 2.24) is 30.3 Å². The van der Waals surface area contributed by atoms with Gasteiger partial charge in [0.15, 0.2) is 11.6 Å². The van der Waals surface area contributed by atoms with Crippen LogP contribution < -0.4 is 10.1 Å². The molecule has 0 aliphatic rings. The molecule has 0 spiro atoms. The fourth-order valence-corrected chi connectivity index (χ4v) is 2.69. The molecule has 148 valence electrons. The largest absolute Gasteiger partial charge is 0.494 e. The standard InChI is InChI=1S/C18H17N7O4/c1-11-21-23-24-25(11)13-10-12(5-6-14(13)27-2)19-16(26)7-8-17-20-18(22-29-17)15-4-3-9-28-15/h3-6,9-10H,7-8H2,1-2H3,(H,19,26). The number of aromatic nitrogens is 6. The van der Waals surface area contributed by atoms with Gasteiger partial charge in [0.1, 0.15) is 11.4 Å². The molecule has 0 fully saturated rings. The highest BCUT2D eigenvalue weighted by atomic mass is 16.5. The lowest BCUT2D eigenvalue weighted by atomic mass is 10.2. The van der Waals surface area contributed by atoms with Crippen LogP contribution in [0, 0.1) is 6.92 Å². The molecule has 0 bridgehead atoms. The number of anilines is 1. The summed E-state index contributed by atoms with van der Waals surface area (Å²) < 4.78 is 17.3. The number of tetrazole rings is 1. The van der Waals surface area contributed by atoms with Crippen LogP contribution in [0.15, 0.2) is 45.5 Å². The van der Waals surface area contributed by atoms with E-state index in [0.717, 1.165) is 0 Å². The number of hydrogen-bond donors (Lipinski definition) is 1. The van der Waals surface area contributed by atoms with Crippen LogP contribution in [0.4, 0.5) is 5.69 Å². The number of hydrogen-bond acceptors (Lipinski definition) is 9. The Balaban J connectivity index is 1.41. The zero-order valence-electron chi connectivity index (χ0n) is 15.7. The van der Waals surface area contributed by atoms with Crippen molar-refractivity contribution in [3.05, 3.63) is 48.3 Å². The minimum atomic E-state index is -0.202. The van der Waals surface area contributed by atoms with Crippen molar-refractivity contribution in [2.45, 2.75) is 19.8 Å². The molecule has 0 aliphatic carbocycles. The van der Waals surface area contributed by atoms with Gasteiger partial charge < -0.3 is 19.0 Å². The van der Waals surface area contributed by atoms with Gasteiger partial charge in [-0.15, -0.1) is 5.10 Å². The molecule has 0 aliphatic heterocycles. The van der Waals surface area contributed by atoms with Crippen LogP contribution in [-0.2, 0) is 11.2 Å². The van der Waals surface area contributed by atoms with Gasteiger partial charge in [-0.3, -0.25) is 4.79 Å². The zero-order chi connectivity index (χ0) is 20.2. The molecule has 0 saturated carbocycles. The summed E-state index contributed by atoms with van der Waals surface area (Å²) >= 11 is 0. The molecular formula is C18H17N7O4. The number of amides is 1. The summed E-state index contributed by atoms with van der Waals surface area (Å²) in [6.07, 6.45) is 2.00. The molecular weight excluding hydrogens is 378 g/mol. The van der Waals surface area contributed by atoms with E-state index in [1.807, 2.05) is 0 Å². The van der Waals surface area contributed by atoms with Crippen LogP contribution in [0.5, 0.6) is 5.75 Å². The molecule has 0 radical (unpaired) electrons. The van der Waals surface area contributed by atoms with E-state index in [4.69, 9.17) is 13.7 Å². The van der Waals surface area contributed by atoms with E-state index >= 15 is 0 Å². The van der Waals surface area contributed by atoms with E-state index in [9.17, 15) is 4.79 Å². The quantitative estimate of drug-likeness (QED) is 0.499. The molecule has 0 saturated heterocycles. The molecule has 1 N–H and O–H groups in total. The highest BCUT2D eigenvalue weighted by Gasteiger charge is 2.14. The first kappa shape index (κ1) is 18.3. The Morgan fingerprint density at radius 1 is 1.31 bits per heavy atom. The second-order valence-electron chi connectivity index (χ2n) is 6.06. The molecule has 1 amide bonds. The lowest BCUT2D eigenvalue weighted by Crippen LogP contribution is -2.13. The van der Waals surface area contributed by atoms with Crippen molar-refractivity contribution in [2.24, 2.45) is 0 Å². The minimum Gasteiger partial charge on any atom is -0.494 e. The van der Waals surface area contributed by atoms with Gasteiger partial charge in [-0.2, -0.15) is 9.67 Å². The predicted octanol–water partition coefficient (Wildman–Crippen LogP) is 2.19. The van der Waals surface area contributed by atoms with Gasteiger partial charge in [-0.1, -0.05) is 5.16 Å². The van der Waals surface area contributed by atoms with Crippen LogP contribution in [0.3, 0.4) is 0 Å². The maximum absolute atomic E-state index is 12.3. The molecule has 3 aromatic heterocycles. The summed E-state index contributed by atoms with van der Waals surface area (Å²) in [6, 6.07) is 8.68. The second-order valence-corrected chi connectivity index (χ2v) is 6.06. The van der Waals surface area contributed by atoms with E-state index in [1.165, 1.54) is 10.9 Å². The molecule has 3 heterocycles. The smallest absolute Gasteiger partial charge is 0.238 e. The van der Waals surface area contributed by atoms with Crippen molar-refractivity contribution in [1.29, 1.82) is 0 Å². The molecule has 0 unspecified atom stereocenters. The summed E-state index contributed by atoms with van der Waals surface area (Å²) in [7, 11) is 1.55. The first-order chi connectivity index (χ1) is 14.1. The van der Waals surface area contributed by atoms with Crippen molar-refractivity contribution in [3.8, 4) is 23.0 Å². The number of carbonyl (C=O) groups excluding carboxylic acids is 1. The van der Waals surface area contributed by atoms with E-state index in [1.54, 1.807) is 44.4 Å². The number of rotatable bonds is 7. The second kappa shape index (κ2) is 7.92. The molecule has 4 rings (SSSR count). The summed E-state index contributed by atoms with van der Waals surface area (Å²) in [4.78, 5) is 16.6. The SMILES string of the molecule is COc1ccc(NC(=O)CCc2nc(-c3ccco3)no2)cc1-n1nnnc1C. The fourth-order valence-electron chi connectivity index (χ4n) is 2.69. The van der Waals surface area contributed by atoms with Crippen LogP contribution in [0.1, 0.15) is 18.1 Å². The number of carbonyl (C=O) groups is 1. The van der Waals surface area contributed by atoms with Crippen LogP contribution in [-0.4, -0.2) is 43.4 Å². The average Bonchev–Trinajstić information content (AvgIpc) is 3.47. The van der Waals surface area contributed by atoms with E-state index in [0.29, 0.717) is 46.8 Å². The van der Waals surface area contributed by atoms with Crippen molar-refractivity contribution in [3.63, 3.8) is 0 Å². The van der Waals surface area contributed by atoms with Gasteiger partial charge in [-0.25, -0.2) is 0 Å². The van der Waals surface area contributed by atoms with E-state index in [2.05, 4.69) is 31.0 Å². The number of ether oxygens (including phenoxy) is 1. The Hall–Kier alpha value is -4.02. The molecule has 0 atom stereocenters. The maximum Gasteiger partial charge on any atom is 0.238 e. The van der Waals surface area contributed by atoms with Crippen LogP contribution in [0.25, 0.3) is 17.3 Å². The topological polar surface area (TPSA) is 134 Å². The van der Waals surface area contributed by atoms with Crippen LogP contribution >= 0.6 is 0 Å². The third-order valence-electron chi connectivity index (χ3n) is 4.09. The molecule has 4 aromatic rings. The van der Waals surface area contributed by atoms with Gasteiger partial charge in [-0.05, 0) is 47.7 Å². The molecule has 11 heteroatoms. The number of nitrogens with one attached hydrogen (secondary N) is 1. The first-order valence-corrected chi connectivity index (χ1v) is 8.74. The summed E-state index contributed by atoms with van der Waals surface area (Å²) in [5, 5.41) is 18.1. The Kier molecular flexibility index (Phi) is 5.01. The Labute approximate surface area is 164 Å². The van der Waals surface area contributed by atoms with Crippen molar-refractivity contribution >= 4 is 11.6 Å². The predicted molar refractivity (Wildman–Crippen MR) is 99.4 cm³/mol. The number of methoxy groups -OCH3 is 1. The average molecular weight is 395 g/mol. The molecule has 11 nitrogen and oxygen atoms in total. The highest BCUT2D eigenvalue weighted by molar-refractivity contribution is 5.91. The lowest BCUT2D eigenvalue weighted by Gasteiger charge is -2.11. The number of nitrogens with zero attached hydrogens (tertiary/aromatic N) is 6. The minimum absolute atomic E-state index is 0.172. The van der Waals surface area contributed by atoms with Gasteiger partial charge in [0.05, 0.1) is 13.4 Å². The van der Waals surface area contributed by atoms with E-state index < -0.39 is 0 Å². The number of benzene rings is 1. The number of furan rings is 1. The molecule has 29 heavy (non-hydrogen) atoms. The fraction of sp³-hybridized carbons (Fsp3) is 0.222. The first-order valence-electron chi connectivity index (χ1n) is 8.74. The maximum atomic E-state index is 12.3. The zero-order valence-corrected chi connectivity index (χ0v) is 15.7. The third kappa shape index (κ3) is 3.98. The van der Waals surface area contributed by atoms with Crippen molar-refractivity contribution < 1.29 is 18.5 Å². The Bertz CT molecular complexity index is 1120. The molecule has 1 aromatic carbocycles. The third-order valence-corrected chi connectivity index (χ3v) is 4.09. The summed E-state index contributed by atoms with van der Waals surface area (Å²) in [5.41, 5.74) is 1.20. The monoisotopic (exact) mass is 395 g/mol. The van der Waals surface area contributed by atoms with Gasteiger partial charge in [0, 0.05) is 18.5 Å². The highest BCUT2D eigenvalue weighted by Crippen LogP contribution is 2.26. The Morgan fingerprint density at radius 2 is 2.21 bits per heavy atom. The lowest BCUT2D eigenvalue weighted by molar-refractivity contribution is -0.116. The van der Waals surface area contributed by atoms with Gasteiger partial charge in [0.25, 0.3) is 0 Å². The normalized spacial score (nSPS) is 10.8. The Morgan fingerprint density at radius 3 is 2.93 bits per heavy atom. The summed E-state index contributed by atoms with van der Waals surface area (Å²) in [5.74, 6) is 2.18. The summed E-state index contributed by atoms with van der Waals surface area (Å²) in [6.45, 7) is 1.77. The van der Waals surface area contributed by atoms with Crippen LogP contribution in [0.2, 0.25) is 0 Å². The van der Waals surface area contributed by atoms with Crippen molar-refractivity contribution in [2.75, 3.05) is 12.4 Å².